The van der Waals surface area contributed by atoms with Gasteiger partial charge in [-0.25, -0.2) is 0 Å². The topological polar surface area (TPSA) is 8.17 Å². The second-order valence-electron chi connectivity index (χ2n) is 6.12. The lowest BCUT2D eigenvalue weighted by Gasteiger charge is -2.24. The number of aromatic nitrogens is 1. The van der Waals surface area contributed by atoms with Crippen molar-refractivity contribution in [2.75, 3.05) is 13.6 Å². The summed E-state index contributed by atoms with van der Waals surface area (Å²) in [5, 5.41) is 1.39. The summed E-state index contributed by atoms with van der Waals surface area (Å²) >= 11 is 3.76. The molecule has 1 aliphatic heterocycles. The SMILES string of the molecule is CN1CCc2c(c3c(Br)cccc3n2Cc2ccccc2)C1. The van der Waals surface area contributed by atoms with Gasteiger partial charge < -0.3 is 9.47 Å². The molecule has 3 heteroatoms. The van der Waals surface area contributed by atoms with Crippen molar-refractivity contribution in [2.24, 2.45) is 0 Å². The molecule has 0 atom stereocenters. The first-order chi connectivity index (χ1) is 10.7. The van der Waals surface area contributed by atoms with Gasteiger partial charge in [0.25, 0.3) is 0 Å². The highest BCUT2D eigenvalue weighted by atomic mass is 79.9. The van der Waals surface area contributed by atoms with Crippen LogP contribution in [-0.4, -0.2) is 23.1 Å². The summed E-state index contributed by atoms with van der Waals surface area (Å²) < 4.78 is 3.72. The zero-order valence-corrected chi connectivity index (χ0v) is 14.3. The van der Waals surface area contributed by atoms with Crippen LogP contribution in [0.4, 0.5) is 0 Å². The van der Waals surface area contributed by atoms with Gasteiger partial charge in [0.15, 0.2) is 0 Å². The van der Waals surface area contributed by atoms with Crippen LogP contribution in [0.1, 0.15) is 16.8 Å². The molecule has 0 N–H and O–H groups in total. The van der Waals surface area contributed by atoms with Crippen molar-refractivity contribution in [3.05, 3.63) is 69.8 Å². The first-order valence-electron chi connectivity index (χ1n) is 7.75. The average Bonchev–Trinajstić information content (AvgIpc) is 2.83. The molecule has 2 heterocycles. The minimum Gasteiger partial charge on any atom is -0.340 e. The monoisotopic (exact) mass is 354 g/mol. The Balaban J connectivity index is 1.92. The largest absolute Gasteiger partial charge is 0.340 e. The van der Waals surface area contributed by atoms with Crippen molar-refractivity contribution in [1.82, 2.24) is 9.47 Å². The van der Waals surface area contributed by atoms with E-state index < -0.39 is 0 Å². The molecule has 112 valence electrons. The van der Waals surface area contributed by atoms with Gasteiger partial charge in [0.1, 0.15) is 0 Å². The summed E-state index contributed by atoms with van der Waals surface area (Å²) in [5.41, 5.74) is 5.70. The molecule has 2 aromatic carbocycles. The van der Waals surface area contributed by atoms with E-state index in [0.717, 1.165) is 26.1 Å². The van der Waals surface area contributed by atoms with Crippen LogP contribution < -0.4 is 0 Å². The van der Waals surface area contributed by atoms with Crippen molar-refractivity contribution in [1.29, 1.82) is 0 Å². The fourth-order valence-electron chi connectivity index (χ4n) is 3.54. The van der Waals surface area contributed by atoms with E-state index in [0.29, 0.717) is 0 Å². The molecule has 0 amide bonds. The number of hydrogen-bond acceptors (Lipinski definition) is 1. The fourth-order valence-corrected chi connectivity index (χ4v) is 4.13. The molecule has 22 heavy (non-hydrogen) atoms. The molecule has 0 bridgehead atoms. The van der Waals surface area contributed by atoms with Crippen LogP contribution in [0.15, 0.2) is 53.0 Å². The highest BCUT2D eigenvalue weighted by Gasteiger charge is 2.23. The number of likely N-dealkylation sites (N-methyl/N-ethyl adjacent to an activating group) is 1. The van der Waals surface area contributed by atoms with Gasteiger partial charge in [0, 0.05) is 41.6 Å². The second-order valence-corrected chi connectivity index (χ2v) is 6.97. The Hall–Kier alpha value is -1.58. The smallest absolute Gasteiger partial charge is 0.0500 e. The average molecular weight is 355 g/mol. The maximum absolute atomic E-state index is 3.76. The van der Waals surface area contributed by atoms with Crippen molar-refractivity contribution >= 4 is 26.8 Å². The highest BCUT2D eigenvalue weighted by molar-refractivity contribution is 9.10. The van der Waals surface area contributed by atoms with Crippen LogP contribution in [-0.2, 0) is 19.5 Å². The molecule has 4 rings (SSSR count). The van der Waals surface area contributed by atoms with E-state index in [-0.39, 0.29) is 0 Å². The van der Waals surface area contributed by atoms with Crippen LogP contribution in [0.5, 0.6) is 0 Å². The van der Waals surface area contributed by atoms with Crippen molar-refractivity contribution < 1.29 is 0 Å². The Bertz CT molecular complexity index is 820. The predicted molar refractivity (Wildman–Crippen MR) is 95.2 cm³/mol. The molecular formula is C19H19BrN2. The predicted octanol–water partition coefficient (Wildman–Crippen LogP) is 4.44. The molecule has 0 unspecified atom stereocenters. The van der Waals surface area contributed by atoms with Gasteiger partial charge in [0.05, 0.1) is 5.52 Å². The zero-order chi connectivity index (χ0) is 15.1. The van der Waals surface area contributed by atoms with Crippen LogP contribution >= 0.6 is 15.9 Å². The lowest BCUT2D eigenvalue weighted by Crippen LogP contribution is -2.27. The number of benzene rings is 2. The van der Waals surface area contributed by atoms with E-state index in [1.807, 2.05) is 0 Å². The van der Waals surface area contributed by atoms with Gasteiger partial charge in [-0.1, -0.05) is 52.3 Å². The maximum Gasteiger partial charge on any atom is 0.0500 e. The lowest BCUT2D eigenvalue weighted by molar-refractivity contribution is 0.310. The third-order valence-electron chi connectivity index (χ3n) is 4.60. The molecule has 1 aromatic heterocycles. The molecular weight excluding hydrogens is 336 g/mol. The van der Waals surface area contributed by atoms with Crippen molar-refractivity contribution in [3.8, 4) is 0 Å². The van der Waals surface area contributed by atoms with Gasteiger partial charge in [-0.05, 0) is 30.3 Å². The summed E-state index contributed by atoms with van der Waals surface area (Å²) in [7, 11) is 2.21. The Morgan fingerprint density at radius 2 is 1.86 bits per heavy atom. The molecule has 3 aromatic rings. The Morgan fingerprint density at radius 3 is 2.68 bits per heavy atom. The van der Waals surface area contributed by atoms with E-state index in [1.165, 1.54) is 32.2 Å². The Kier molecular flexibility index (Phi) is 3.55. The molecule has 0 radical (unpaired) electrons. The molecule has 0 fully saturated rings. The number of hydrogen-bond donors (Lipinski definition) is 0. The fraction of sp³-hybridized carbons (Fsp3) is 0.263. The van der Waals surface area contributed by atoms with E-state index in [4.69, 9.17) is 0 Å². The number of nitrogens with zero attached hydrogens (tertiary/aromatic N) is 2. The Labute approximate surface area is 139 Å². The van der Waals surface area contributed by atoms with Crippen molar-refractivity contribution in [2.45, 2.75) is 19.5 Å². The number of rotatable bonds is 2. The molecule has 2 nitrogen and oxygen atoms in total. The molecule has 0 saturated heterocycles. The van der Waals surface area contributed by atoms with Gasteiger partial charge in [-0.2, -0.15) is 0 Å². The minimum atomic E-state index is 0.951. The zero-order valence-electron chi connectivity index (χ0n) is 12.7. The quantitative estimate of drug-likeness (QED) is 0.660. The van der Waals surface area contributed by atoms with Gasteiger partial charge >= 0.3 is 0 Å². The number of halogens is 1. The number of fused-ring (bicyclic) bond motifs is 3. The highest BCUT2D eigenvalue weighted by Crippen LogP contribution is 2.35. The van der Waals surface area contributed by atoms with Gasteiger partial charge in [-0.3, -0.25) is 0 Å². The van der Waals surface area contributed by atoms with E-state index >= 15 is 0 Å². The molecule has 0 saturated carbocycles. The second kappa shape index (κ2) is 5.56. The standard InChI is InChI=1S/C19H19BrN2/c1-21-11-10-17-15(13-21)19-16(20)8-5-9-18(19)22(17)12-14-6-3-2-4-7-14/h2-9H,10-13H2,1H3. The molecule has 1 aliphatic rings. The molecule has 0 aliphatic carbocycles. The van der Waals surface area contributed by atoms with Gasteiger partial charge in [-0.15, -0.1) is 0 Å². The molecule has 0 spiro atoms. The van der Waals surface area contributed by atoms with Gasteiger partial charge in [0.2, 0.25) is 0 Å². The Morgan fingerprint density at radius 1 is 1.05 bits per heavy atom. The van der Waals surface area contributed by atoms with Crippen LogP contribution in [0.3, 0.4) is 0 Å². The van der Waals surface area contributed by atoms with Crippen LogP contribution in [0, 0.1) is 0 Å². The maximum atomic E-state index is 3.76. The van der Waals surface area contributed by atoms with E-state index in [2.05, 4.69) is 81.0 Å². The van der Waals surface area contributed by atoms with Crippen LogP contribution in [0.2, 0.25) is 0 Å². The van der Waals surface area contributed by atoms with Crippen LogP contribution in [0.25, 0.3) is 10.9 Å². The summed E-state index contributed by atoms with van der Waals surface area (Å²) in [6, 6.07) is 17.3. The van der Waals surface area contributed by atoms with E-state index in [9.17, 15) is 0 Å². The third kappa shape index (κ3) is 2.29. The van der Waals surface area contributed by atoms with Crippen molar-refractivity contribution in [3.63, 3.8) is 0 Å². The first kappa shape index (κ1) is 14.0. The summed E-state index contributed by atoms with van der Waals surface area (Å²) in [6.07, 6.45) is 1.12. The normalized spacial score (nSPS) is 15.2. The lowest BCUT2D eigenvalue weighted by atomic mass is 10.1. The minimum absolute atomic E-state index is 0.951. The summed E-state index contributed by atoms with van der Waals surface area (Å²) in [5.74, 6) is 0. The van der Waals surface area contributed by atoms with E-state index in [1.54, 1.807) is 0 Å². The third-order valence-corrected chi connectivity index (χ3v) is 5.26. The summed E-state index contributed by atoms with van der Waals surface area (Å²) in [4.78, 5) is 2.41. The summed E-state index contributed by atoms with van der Waals surface area (Å²) in [6.45, 7) is 3.12. The first-order valence-corrected chi connectivity index (χ1v) is 8.54.